The molecular formula is C24H19Cl2FO3S. The van der Waals surface area contributed by atoms with E-state index in [-0.39, 0.29) is 19.8 Å². The molecule has 3 nitrogen and oxygen atoms in total. The van der Waals surface area contributed by atoms with E-state index < -0.39 is 15.7 Å². The number of hydrogen-bond acceptors (Lipinski definition) is 3. The Morgan fingerprint density at radius 2 is 1.61 bits per heavy atom. The number of methoxy groups -OCH3 is 1. The van der Waals surface area contributed by atoms with Crippen LogP contribution in [0.4, 0.5) is 4.39 Å². The second kappa shape index (κ2) is 9.27. The number of hydrogen-bond donors (Lipinski definition) is 0. The molecule has 0 fully saturated rings. The van der Waals surface area contributed by atoms with Gasteiger partial charge in [0.05, 0.1) is 16.9 Å². The van der Waals surface area contributed by atoms with Gasteiger partial charge in [0.15, 0.2) is 0 Å². The molecule has 0 heterocycles. The lowest BCUT2D eigenvalue weighted by Gasteiger charge is -2.17. The average molecular weight is 477 g/mol. The summed E-state index contributed by atoms with van der Waals surface area (Å²) in [7, 11) is -2.57. The first-order chi connectivity index (χ1) is 14.7. The molecule has 3 rings (SSSR count). The number of ether oxygens (including phenoxy) is 1. The van der Waals surface area contributed by atoms with Gasteiger partial charge < -0.3 is 4.74 Å². The van der Waals surface area contributed by atoms with Gasteiger partial charge in [-0.2, -0.15) is 0 Å². The zero-order valence-corrected chi connectivity index (χ0v) is 19.2. The Morgan fingerprint density at radius 3 is 2.16 bits per heavy atom. The van der Waals surface area contributed by atoms with Crippen LogP contribution in [0.2, 0.25) is 10.0 Å². The van der Waals surface area contributed by atoms with Crippen LogP contribution < -0.4 is 4.74 Å². The Balaban J connectivity index is 2.41. The molecule has 0 saturated heterocycles. The molecule has 0 aliphatic rings. The van der Waals surface area contributed by atoms with Gasteiger partial charge in [0.25, 0.3) is 0 Å². The van der Waals surface area contributed by atoms with Crippen molar-refractivity contribution in [3.8, 4) is 5.75 Å². The van der Waals surface area contributed by atoms with Gasteiger partial charge in [0.1, 0.15) is 11.6 Å². The smallest absolute Gasteiger partial charge is 0.207 e. The lowest BCUT2D eigenvalue weighted by atomic mass is 9.93. The van der Waals surface area contributed by atoms with Gasteiger partial charge in [0, 0.05) is 15.6 Å². The molecule has 0 aliphatic carbocycles. The Labute approximate surface area is 191 Å². The Morgan fingerprint density at radius 1 is 1.00 bits per heavy atom. The highest BCUT2D eigenvalue weighted by atomic mass is 35.5. The van der Waals surface area contributed by atoms with E-state index in [1.807, 2.05) is 0 Å². The van der Waals surface area contributed by atoms with Gasteiger partial charge in [-0.1, -0.05) is 48.0 Å². The molecule has 0 aliphatic heterocycles. The molecule has 0 spiro atoms. The van der Waals surface area contributed by atoms with Gasteiger partial charge in [-0.25, -0.2) is 12.8 Å². The molecular weight excluding hydrogens is 458 g/mol. The molecule has 3 aromatic carbocycles. The molecule has 0 saturated carbocycles. The standard InChI is InChI=1S/C24H19Cl2FO3S/c1-4-23(31(28,29)21-12-17(25)11-18(26)13-21)24(16-6-9-20(30-3)10-7-16)22-14-19(27)8-5-15(22)2/h4-14H,1H2,2-3H3/b24-23+. The summed E-state index contributed by atoms with van der Waals surface area (Å²) in [5.41, 5.74) is 1.99. The molecule has 0 N–H and O–H groups in total. The van der Waals surface area contributed by atoms with E-state index in [0.717, 1.165) is 0 Å². The fourth-order valence-corrected chi connectivity index (χ4v) is 5.40. The minimum absolute atomic E-state index is 0.0834. The molecule has 3 aromatic rings. The molecule has 0 bridgehead atoms. The fourth-order valence-electron chi connectivity index (χ4n) is 3.21. The van der Waals surface area contributed by atoms with Crippen LogP contribution in [0.15, 0.2) is 83.1 Å². The van der Waals surface area contributed by atoms with E-state index in [1.165, 1.54) is 43.5 Å². The first-order valence-corrected chi connectivity index (χ1v) is 11.4. The maximum atomic E-state index is 14.2. The van der Waals surface area contributed by atoms with E-state index in [2.05, 4.69) is 6.58 Å². The van der Waals surface area contributed by atoms with Gasteiger partial charge in [0.2, 0.25) is 9.84 Å². The molecule has 31 heavy (non-hydrogen) atoms. The number of allylic oxidation sites excluding steroid dienone is 1. The highest BCUT2D eigenvalue weighted by Crippen LogP contribution is 2.37. The SMILES string of the molecule is C=C/C(=C(/c1ccc(OC)cc1)c1cc(F)ccc1C)S(=O)(=O)c1cc(Cl)cc(Cl)c1. The van der Waals surface area contributed by atoms with Crippen LogP contribution in [0.3, 0.4) is 0 Å². The summed E-state index contributed by atoms with van der Waals surface area (Å²) >= 11 is 12.1. The van der Waals surface area contributed by atoms with Crippen molar-refractivity contribution in [2.24, 2.45) is 0 Å². The largest absolute Gasteiger partial charge is 0.497 e. The molecule has 0 radical (unpaired) electrons. The van der Waals surface area contributed by atoms with Crippen LogP contribution in [-0.4, -0.2) is 15.5 Å². The molecule has 0 aromatic heterocycles. The van der Waals surface area contributed by atoms with Crippen LogP contribution >= 0.6 is 23.2 Å². The van der Waals surface area contributed by atoms with E-state index in [9.17, 15) is 12.8 Å². The monoisotopic (exact) mass is 476 g/mol. The van der Waals surface area contributed by atoms with Crippen LogP contribution in [0.25, 0.3) is 5.57 Å². The number of aryl methyl sites for hydroxylation is 1. The lowest BCUT2D eigenvalue weighted by Crippen LogP contribution is -2.08. The minimum Gasteiger partial charge on any atom is -0.497 e. The summed E-state index contributed by atoms with van der Waals surface area (Å²) in [6.45, 7) is 5.51. The predicted molar refractivity (Wildman–Crippen MR) is 124 cm³/mol. The molecule has 160 valence electrons. The number of rotatable bonds is 6. The molecule has 7 heteroatoms. The second-order valence-corrected chi connectivity index (χ2v) is 9.53. The van der Waals surface area contributed by atoms with Gasteiger partial charge in [-0.3, -0.25) is 0 Å². The lowest BCUT2D eigenvalue weighted by molar-refractivity contribution is 0.415. The number of halogens is 3. The fraction of sp³-hybridized carbons (Fsp3) is 0.0833. The third kappa shape index (κ3) is 4.85. The summed E-state index contributed by atoms with van der Waals surface area (Å²) < 4.78 is 46.6. The topological polar surface area (TPSA) is 43.4 Å². The van der Waals surface area contributed by atoms with E-state index in [4.69, 9.17) is 27.9 Å². The first-order valence-electron chi connectivity index (χ1n) is 9.16. The van der Waals surface area contributed by atoms with Crippen LogP contribution in [0.5, 0.6) is 5.75 Å². The Hall–Kier alpha value is -2.60. The summed E-state index contributed by atoms with van der Waals surface area (Å²) in [5.74, 6) is 0.113. The highest BCUT2D eigenvalue weighted by molar-refractivity contribution is 7.95. The normalized spacial score (nSPS) is 12.3. The van der Waals surface area contributed by atoms with Crippen molar-refractivity contribution < 1.29 is 17.5 Å². The maximum Gasteiger partial charge on any atom is 0.207 e. The Bertz CT molecular complexity index is 1260. The molecule has 0 unspecified atom stereocenters. The second-order valence-electron chi connectivity index (χ2n) is 6.74. The van der Waals surface area contributed by atoms with Crippen LogP contribution in [-0.2, 0) is 9.84 Å². The molecule has 0 atom stereocenters. The summed E-state index contributed by atoms with van der Waals surface area (Å²) in [4.78, 5) is -0.176. The van der Waals surface area contributed by atoms with Crippen LogP contribution in [0, 0.1) is 12.7 Å². The van der Waals surface area contributed by atoms with E-state index >= 15 is 0 Å². The van der Waals surface area contributed by atoms with E-state index in [0.29, 0.717) is 28.0 Å². The minimum atomic E-state index is -4.10. The van der Waals surface area contributed by atoms with Crippen LogP contribution in [0.1, 0.15) is 16.7 Å². The van der Waals surface area contributed by atoms with Crippen molar-refractivity contribution in [3.05, 3.63) is 111 Å². The van der Waals surface area contributed by atoms with Crippen molar-refractivity contribution in [2.75, 3.05) is 7.11 Å². The van der Waals surface area contributed by atoms with Gasteiger partial charge >= 0.3 is 0 Å². The first kappa shape index (κ1) is 23.1. The number of sulfone groups is 1. The third-order valence-electron chi connectivity index (χ3n) is 4.72. The summed E-state index contributed by atoms with van der Waals surface area (Å²) in [6.07, 6.45) is 1.24. The molecule has 0 amide bonds. The van der Waals surface area contributed by atoms with E-state index in [1.54, 1.807) is 37.3 Å². The zero-order valence-electron chi connectivity index (χ0n) is 16.8. The Kier molecular flexibility index (Phi) is 6.90. The zero-order chi connectivity index (χ0) is 22.8. The summed E-state index contributed by atoms with van der Waals surface area (Å²) in [6, 6.07) is 15.1. The highest BCUT2D eigenvalue weighted by Gasteiger charge is 2.26. The van der Waals surface area contributed by atoms with Gasteiger partial charge in [-0.15, -0.1) is 0 Å². The third-order valence-corrected chi connectivity index (χ3v) is 6.96. The summed E-state index contributed by atoms with van der Waals surface area (Å²) in [5, 5.41) is 0.366. The quantitative estimate of drug-likeness (QED) is 0.364. The van der Waals surface area contributed by atoms with Gasteiger partial charge in [-0.05, 0) is 72.2 Å². The average Bonchev–Trinajstić information content (AvgIpc) is 2.73. The maximum absolute atomic E-state index is 14.2. The van der Waals surface area contributed by atoms with Crippen molar-refractivity contribution in [3.63, 3.8) is 0 Å². The number of benzene rings is 3. The predicted octanol–water partition coefficient (Wildman–Crippen LogP) is 6.87. The van der Waals surface area contributed by atoms with Crippen molar-refractivity contribution in [1.29, 1.82) is 0 Å². The van der Waals surface area contributed by atoms with Crippen molar-refractivity contribution in [1.82, 2.24) is 0 Å². The van der Waals surface area contributed by atoms with Crippen molar-refractivity contribution in [2.45, 2.75) is 11.8 Å². The van der Waals surface area contributed by atoms with Crippen molar-refractivity contribution >= 4 is 38.6 Å².